The number of hydrogen-bond donors (Lipinski definition) is 4. The van der Waals surface area contributed by atoms with E-state index in [4.69, 9.17) is 10.2 Å². The van der Waals surface area contributed by atoms with E-state index < -0.39 is 0 Å². The molecule has 0 fully saturated rings. The molecular weight excluding hydrogens is 268 g/mol. The van der Waals surface area contributed by atoms with E-state index in [2.05, 4.69) is 32.7 Å². The van der Waals surface area contributed by atoms with E-state index in [1.54, 1.807) is 0 Å². The van der Waals surface area contributed by atoms with Crippen LogP contribution in [0.4, 0.5) is 5.69 Å². The van der Waals surface area contributed by atoms with Crippen LogP contribution in [0.5, 0.6) is 0 Å². The Bertz CT molecular complexity index is 369. The summed E-state index contributed by atoms with van der Waals surface area (Å²) in [5, 5.41) is 24.1. The van der Waals surface area contributed by atoms with Crippen LogP contribution in [0, 0.1) is 0 Å². The minimum atomic E-state index is 0.207. The molecule has 0 aliphatic heterocycles. The van der Waals surface area contributed by atoms with Gasteiger partial charge in [-0.25, -0.2) is 0 Å². The predicted molar refractivity (Wildman–Crippen MR) is 85.4 cm³/mol. The monoisotopic (exact) mass is 296 g/mol. The van der Waals surface area contributed by atoms with Gasteiger partial charge in [0.25, 0.3) is 0 Å². The van der Waals surface area contributed by atoms with Crippen LogP contribution >= 0.6 is 0 Å². The standard InChI is InChI=1S/C15H28N4O2/c1-19(2)15-9-13(11-16-5-3-7-20)18-14(10-15)12-17-6-4-8-21/h9-10,16-17,20-21H,3-8,11-12H2,1-2H3. The van der Waals surface area contributed by atoms with Gasteiger partial charge in [-0.05, 0) is 38.1 Å². The fourth-order valence-corrected chi connectivity index (χ4v) is 1.91. The molecular formula is C15H28N4O2. The van der Waals surface area contributed by atoms with Crippen molar-refractivity contribution in [2.45, 2.75) is 25.9 Å². The van der Waals surface area contributed by atoms with Crippen molar-refractivity contribution in [1.29, 1.82) is 0 Å². The van der Waals surface area contributed by atoms with Crippen molar-refractivity contribution in [3.63, 3.8) is 0 Å². The summed E-state index contributed by atoms with van der Waals surface area (Å²) in [6.45, 7) is 3.38. The lowest BCUT2D eigenvalue weighted by atomic mass is 10.2. The zero-order chi connectivity index (χ0) is 15.5. The first-order valence-corrected chi connectivity index (χ1v) is 7.47. The van der Waals surface area contributed by atoms with Crippen molar-refractivity contribution in [2.75, 3.05) is 45.3 Å². The Morgan fingerprint density at radius 3 is 1.81 bits per heavy atom. The maximum atomic E-state index is 8.78. The molecule has 21 heavy (non-hydrogen) atoms. The number of rotatable bonds is 11. The summed E-state index contributed by atoms with van der Waals surface area (Å²) in [7, 11) is 4.03. The molecule has 0 saturated heterocycles. The first-order chi connectivity index (χ1) is 10.2. The van der Waals surface area contributed by atoms with Crippen molar-refractivity contribution in [3.05, 3.63) is 23.5 Å². The van der Waals surface area contributed by atoms with Gasteiger partial charge in [0, 0.05) is 46.1 Å². The minimum Gasteiger partial charge on any atom is -0.396 e. The predicted octanol–water partition coefficient (Wildman–Crippen LogP) is 0.0916. The molecule has 1 aromatic heterocycles. The summed E-state index contributed by atoms with van der Waals surface area (Å²) in [6, 6.07) is 4.15. The highest BCUT2D eigenvalue weighted by Crippen LogP contribution is 2.14. The highest BCUT2D eigenvalue weighted by Gasteiger charge is 2.04. The van der Waals surface area contributed by atoms with Crippen molar-refractivity contribution >= 4 is 5.69 Å². The molecule has 6 nitrogen and oxygen atoms in total. The fraction of sp³-hybridized carbons (Fsp3) is 0.667. The van der Waals surface area contributed by atoms with Crippen LogP contribution in [0.3, 0.4) is 0 Å². The number of nitrogens with zero attached hydrogens (tertiary/aromatic N) is 2. The van der Waals surface area contributed by atoms with Crippen molar-refractivity contribution in [3.8, 4) is 0 Å². The molecule has 0 saturated carbocycles. The van der Waals surface area contributed by atoms with E-state index in [0.29, 0.717) is 13.1 Å². The van der Waals surface area contributed by atoms with Crippen LogP contribution in [0.25, 0.3) is 0 Å². The third-order valence-corrected chi connectivity index (χ3v) is 3.07. The lowest BCUT2D eigenvalue weighted by Crippen LogP contribution is -2.20. The van der Waals surface area contributed by atoms with E-state index in [9.17, 15) is 0 Å². The Morgan fingerprint density at radius 1 is 0.952 bits per heavy atom. The van der Waals surface area contributed by atoms with Gasteiger partial charge in [-0.2, -0.15) is 0 Å². The Labute approximate surface area is 127 Å². The summed E-state index contributed by atoms with van der Waals surface area (Å²) in [5.74, 6) is 0. The van der Waals surface area contributed by atoms with E-state index >= 15 is 0 Å². The van der Waals surface area contributed by atoms with Crippen LogP contribution in [-0.2, 0) is 13.1 Å². The van der Waals surface area contributed by atoms with Crippen LogP contribution < -0.4 is 15.5 Å². The van der Waals surface area contributed by atoms with Gasteiger partial charge >= 0.3 is 0 Å². The molecule has 0 unspecified atom stereocenters. The molecule has 6 heteroatoms. The minimum absolute atomic E-state index is 0.207. The molecule has 0 amide bonds. The molecule has 1 rings (SSSR count). The molecule has 4 N–H and O–H groups in total. The largest absolute Gasteiger partial charge is 0.396 e. The third-order valence-electron chi connectivity index (χ3n) is 3.07. The zero-order valence-electron chi connectivity index (χ0n) is 13.1. The van der Waals surface area contributed by atoms with Gasteiger partial charge < -0.3 is 25.7 Å². The summed E-state index contributed by atoms with van der Waals surface area (Å²) in [4.78, 5) is 6.70. The number of pyridine rings is 1. The average Bonchev–Trinajstić information content (AvgIpc) is 2.48. The van der Waals surface area contributed by atoms with Crippen molar-refractivity contribution in [2.24, 2.45) is 0 Å². The zero-order valence-corrected chi connectivity index (χ0v) is 13.1. The fourth-order valence-electron chi connectivity index (χ4n) is 1.91. The van der Waals surface area contributed by atoms with Crippen molar-refractivity contribution in [1.82, 2.24) is 15.6 Å². The smallest absolute Gasteiger partial charge is 0.0566 e. The van der Waals surface area contributed by atoms with Crippen LogP contribution in [-0.4, -0.2) is 55.6 Å². The highest BCUT2D eigenvalue weighted by molar-refractivity contribution is 5.47. The Hall–Kier alpha value is -1.21. The molecule has 0 aliphatic rings. The second-order valence-electron chi connectivity index (χ2n) is 5.21. The Kier molecular flexibility index (Phi) is 8.93. The van der Waals surface area contributed by atoms with E-state index in [-0.39, 0.29) is 13.2 Å². The van der Waals surface area contributed by atoms with Gasteiger partial charge in [-0.1, -0.05) is 0 Å². The first-order valence-electron chi connectivity index (χ1n) is 7.47. The van der Waals surface area contributed by atoms with Crippen LogP contribution in [0.1, 0.15) is 24.2 Å². The van der Waals surface area contributed by atoms with Gasteiger partial charge in [0.05, 0.1) is 11.4 Å². The summed E-state index contributed by atoms with van der Waals surface area (Å²) in [6.07, 6.45) is 1.51. The lowest BCUT2D eigenvalue weighted by molar-refractivity contribution is 0.286. The molecule has 0 aromatic carbocycles. The number of anilines is 1. The molecule has 0 bridgehead atoms. The summed E-state index contributed by atoms with van der Waals surface area (Å²) < 4.78 is 0. The van der Waals surface area contributed by atoms with E-state index in [0.717, 1.165) is 43.0 Å². The van der Waals surface area contributed by atoms with E-state index in [1.165, 1.54) is 0 Å². The summed E-state index contributed by atoms with van der Waals surface area (Å²) in [5.41, 5.74) is 3.12. The quantitative estimate of drug-likeness (QED) is 0.434. The maximum absolute atomic E-state index is 8.78. The number of hydrogen-bond acceptors (Lipinski definition) is 6. The molecule has 0 aliphatic carbocycles. The Morgan fingerprint density at radius 2 is 1.43 bits per heavy atom. The molecule has 1 heterocycles. The van der Waals surface area contributed by atoms with Crippen LogP contribution in [0.15, 0.2) is 12.1 Å². The normalized spacial score (nSPS) is 10.9. The first kappa shape index (κ1) is 17.8. The van der Waals surface area contributed by atoms with Gasteiger partial charge in [0.1, 0.15) is 0 Å². The average molecular weight is 296 g/mol. The molecule has 1 aromatic rings. The third kappa shape index (κ3) is 7.38. The number of nitrogens with one attached hydrogen (secondary N) is 2. The van der Waals surface area contributed by atoms with E-state index in [1.807, 2.05) is 14.1 Å². The molecule has 120 valence electrons. The SMILES string of the molecule is CN(C)c1cc(CNCCCO)nc(CNCCCO)c1. The molecule has 0 radical (unpaired) electrons. The number of aliphatic hydroxyl groups excluding tert-OH is 2. The Balaban J connectivity index is 2.61. The second-order valence-corrected chi connectivity index (χ2v) is 5.21. The number of aliphatic hydroxyl groups is 2. The molecule has 0 spiro atoms. The van der Waals surface area contributed by atoms with Crippen molar-refractivity contribution < 1.29 is 10.2 Å². The van der Waals surface area contributed by atoms with Gasteiger partial charge in [0.15, 0.2) is 0 Å². The number of aromatic nitrogens is 1. The lowest BCUT2D eigenvalue weighted by Gasteiger charge is -2.16. The topological polar surface area (TPSA) is 80.7 Å². The summed E-state index contributed by atoms with van der Waals surface area (Å²) >= 11 is 0. The highest BCUT2D eigenvalue weighted by atomic mass is 16.3. The second kappa shape index (κ2) is 10.5. The van der Waals surface area contributed by atoms with Gasteiger partial charge in [-0.3, -0.25) is 4.98 Å². The molecule has 0 atom stereocenters. The van der Waals surface area contributed by atoms with Crippen LogP contribution in [0.2, 0.25) is 0 Å². The van der Waals surface area contributed by atoms with Gasteiger partial charge in [0.2, 0.25) is 0 Å². The van der Waals surface area contributed by atoms with Gasteiger partial charge in [-0.15, -0.1) is 0 Å². The maximum Gasteiger partial charge on any atom is 0.0566 e.